The van der Waals surface area contributed by atoms with Gasteiger partial charge < -0.3 is 15.1 Å². The monoisotopic (exact) mass is 460 g/mol. The van der Waals surface area contributed by atoms with Crippen molar-refractivity contribution in [2.24, 2.45) is 0 Å². The lowest BCUT2D eigenvalue weighted by atomic mass is 10.1. The maximum atomic E-state index is 15.2. The molecule has 0 spiro atoms. The minimum Gasteiger partial charge on any atom is -0.353 e. The Hall–Kier alpha value is -3.79. The van der Waals surface area contributed by atoms with Crippen LogP contribution in [0.4, 0.5) is 16.0 Å². The fourth-order valence-corrected chi connectivity index (χ4v) is 4.37. The first kappa shape index (κ1) is 20.8. The molecule has 1 saturated heterocycles. The number of hydrogen-bond acceptors (Lipinski definition) is 6. The van der Waals surface area contributed by atoms with Gasteiger partial charge in [-0.25, -0.2) is 18.6 Å². The number of piperazine rings is 1. The molecule has 1 N–H and O–H groups in total. The van der Waals surface area contributed by atoms with E-state index in [1.165, 1.54) is 15.4 Å². The lowest BCUT2D eigenvalue weighted by Crippen LogP contribution is -2.44. The smallest absolute Gasteiger partial charge is 0.262 e. The molecule has 10 heteroatoms. The zero-order chi connectivity index (χ0) is 23.2. The Labute approximate surface area is 195 Å². The topological polar surface area (TPSA) is 83.6 Å². The number of nitrogens with one attached hydrogen (secondary N) is 1. The van der Waals surface area contributed by atoms with Crippen LogP contribution >= 0.6 is 0 Å². The Morgan fingerprint density at radius 3 is 2.74 bits per heavy atom. The number of aromatic nitrogens is 5. The average Bonchev–Trinajstić information content (AvgIpc) is 3.48. The predicted octanol–water partition coefficient (Wildman–Crippen LogP) is 2.94. The van der Waals surface area contributed by atoms with Gasteiger partial charge in [-0.3, -0.25) is 4.79 Å². The van der Waals surface area contributed by atoms with Crippen molar-refractivity contribution in [3.63, 3.8) is 0 Å². The summed E-state index contributed by atoms with van der Waals surface area (Å²) in [6, 6.07) is 8.83. The Balaban J connectivity index is 1.37. The van der Waals surface area contributed by atoms with Crippen LogP contribution in [0.3, 0.4) is 0 Å². The summed E-state index contributed by atoms with van der Waals surface area (Å²) in [6.45, 7) is 3.43. The van der Waals surface area contributed by atoms with E-state index in [1.807, 2.05) is 6.07 Å². The fourth-order valence-electron chi connectivity index (χ4n) is 4.37. The fraction of sp³-hybridized carbons (Fsp3) is 0.333. The van der Waals surface area contributed by atoms with Crippen molar-refractivity contribution in [2.45, 2.75) is 18.8 Å². The number of likely N-dealkylation sites (N-methyl/N-ethyl adjacent to an activating group) is 1. The van der Waals surface area contributed by atoms with Gasteiger partial charge in [0.2, 0.25) is 0 Å². The number of fused-ring (bicyclic) bond motifs is 1. The third-order valence-corrected chi connectivity index (χ3v) is 6.54. The molecule has 0 radical (unpaired) electrons. The minimum absolute atomic E-state index is 0.304. The van der Waals surface area contributed by atoms with Crippen LogP contribution in [0.15, 0.2) is 48.9 Å². The van der Waals surface area contributed by atoms with Crippen LogP contribution in [0.25, 0.3) is 11.3 Å². The highest BCUT2D eigenvalue weighted by Crippen LogP contribution is 2.40. The van der Waals surface area contributed by atoms with E-state index in [2.05, 4.69) is 32.2 Å². The largest absolute Gasteiger partial charge is 0.353 e. The van der Waals surface area contributed by atoms with Crippen molar-refractivity contribution in [1.82, 2.24) is 29.3 Å². The molecule has 4 aromatic rings. The molecule has 34 heavy (non-hydrogen) atoms. The standard InChI is InChI=1S/C24H25FN8O/c1-30-9-11-31(12-10-30)22-14-21(28-24(34)18-15-27-32-8-2-7-26-23(18)32)33(29-22)20-6-5-17(13-19(20)25)16-3-4-16/h2,5-8,13-16H,3-4,9-12H2,1H3,(H,28,34). The highest BCUT2D eigenvalue weighted by atomic mass is 19.1. The molecule has 6 rings (SSSR count). The third kappa shape index (κ3) is 3.79. The molecule has 0 atom stereocenters. The van der Waals surface area contributed by atoms with E-state index in [4.69, 9.17) is 5.10 Å². The molecule has 1 amide bonds. The zero-order valence-electron chi connectivity index (χ0n) is 18.9. The molecule has 1 saturated carbocycles. The Morgan fingerprint density at radius 2 is 1.97 bits per heavy atom. The maximum absolute atomic E-state index is 15.2. The molecule has 1 aliphatic heterocycles. The van der Waals surface area contributed by atoms with Gasteiger partial charge in [-0.15, -0.1) is 5.10 Å². The second-order valence-corrected chi connectivity index (χ2v) is 8.98. The van der Waals surface area contributed by atoms with E-state index in [-0.39, 0.29) is 11.7 Å². The molecule has 1 aromatic carbocycles. The average molecular weight is 461 g/mol. The minimum atomic E-state index is -0.380. The van der Waals surface area contributed by atoms with Crippen molar-refractivity contribution < 1.29 is 9.18 Å². The summed E-state index contributed by atoms with van der Waals surface area (Å²) < 4.78 is 18.2. The van der Waals surface area contributed by atoms with Gasteiger partial charge in [0, 0.05) is 44.6 Å². The molecule has 174 valence electrons. The van der Waals surface area contributed by atoms with Crippen molar-refractivity contribution in [2.75, 3.05) is 43.4 Å². The molecule has 2 fully saturated rings. The van der Waals surface area contributed by atoms with E-state index < -0.39 is 0 Å². The molecular weight excluding hydrogens is 435 g/mol. The maximum Gasteiger partial charge on any atom is 0.262 e. The quantitative estimate of drug-likeness (QED) is 0.493. The summed E-state index contributed by atoms with van der Waals surface area (Å²) in [6.07, 6.45) is 7.02. The highest BCUT2D eigenvalue weighted by Gasteiger charge is 2.26. The van der Waals surface area contributed by atoms with Crippen LogP contribution in [0.1, 0.15) is 34.7 Å². The van der Waals surface area contributed by atoms with Gasteiger partial charge >= 0.3 is 0 Å². The van der Waals surface area contributed by atoms with Crippen LogP contribution < -0.4 is 10.2 Å². The first-order valence-corrected chi connectivity index (χ1v) is 11.5. The zero-order valence-corrected chi connectivity index (χ0v) is 18.9. The van der Waals surface area contributed by atoms with Crippen molar-refractivity contribution in [1.29, 1.82) is 0 Å². The van der Waals surface area contributed by atoms with Crippen LogP contribution in [0, 0.1) is 5.82 Å². The van der Waals surface area contributed by atoms with Gasteiger partial charge in [-0.05, 0) is 49.6 Å². The van der Waals surface area contributed by atoms with Crippen LogP contribution in [0.2, 0.25) is 0 Å². The lowest BCUT2D eigenvalue weighted by Gasteiger charge is -2.32. The van der Waals surface area contributed by atoms with E-state index in [9.17, 15) is 4.79 Å². The second kappa shape index (κ2) is 8.21. The van der Waals surface area contributed by atoms with Crippen molar-refractivity contribution >= 4 is 23.2 Å². The normalized spacial score (nSPS) is 16.8. The molecule has 1 aliphatic carbocycles. The summed E-state index contributed by atoms with van der Waals surface area (Å²) in [5, 5.41) is 11.8. The van der Waals surface area contributed by atoms with Crippen molar-refractivity contribution in [3.8, 4) is 5.69 Å². The number of benzene rings is 1. The number of carbonyl (C=O) groups excluding carboxylic acids is 1. The summed E-state index contributed by atoms with van der Waals surface area (Å²) in [7, 11) is 2.09. The first-order valence-electron chi connectivity index (χ1n) is 11.5. The first-order chi connectivity index (χ1) is 16.6. The molecule has 0 bridgehead atoms. The van der Waals surface area contributed by atoms with Crippen molar-refractivity contribution in [3.05, 3.63) is 65.9 Å². The predicted molar refractivity (Wildman–Crippen MR) is 126 cm³/mol. The summed E-state index contributed by atoms with van der Waals surface area (Å²) in [4.78, 5) is 21.8. The van der Waals surface area contributed by atoms with Gasteiger partial charge in [-0.2, -0.15) is 5.10 Å². The number of carbonyl (C=O) groups is 1. The number of hydrogen-bond donors (Lipinski definition) is 1. The molecule has 3 aromatic heterocycles. The van der Waals surface area contributed by atoms with Gasteiger partial charge in [-0.1, -0.05) is 6.07 Å². The van der Waals surface area contributed by atoms with E-state index >= 15 is 4.39 Å². The molecule has 4 heterocycles. The summed E-state index contributed by atoms with van der Waals surface area (Å²) >= 11 is 0. The number of halogens is 1. The van der Waals surface area contributed by atoms with Crippen LogP contribution in [-0.4, -0.2) is 68.4 Å². The van der Waals surface area contributed by atoms with E-state index in [0.29, 0.717) is 34.5 Å². The van der Waals surface area contributed by atoms with E-state index in [0.717, 1.165) is 44.6 Å². The number of nitrogens with zero attached hydrogens (tertiary/aromatic N) is 7. The SMILES string of the molecule is CN1CCN(c2cc(NC(=O)c3cnn4cccnc34)n(-c3ccc(C4CC4)cc3F)n2)CC1. The van der Waals surface area contributed by atoms with Crippen LogP contribution in [-0.2, 0) is 0 Å². The summed E-state index contributed by atoms with van der Waals surface area (Å²) in [5.41, 5.74) is 2.10. The molecular formula is C24H25FN8O. The Morgan fingerprint density at radius 1 is 1.15 bits per heavy atom. The van der Waals surface area contributed by atoms with Crippen LogP contribution in [0.5, 0.6) is 0 Å². The number of amides is 1. The van der Waals surface area contributed by atoms with Gasteiger partial charge in [0.25, 0.3) is 5.91 Å². The third-order valence-electron chi connectivity index (χ3n) is 6.54. The molecule has 2 aliphatic rings. The van der Waals surface area contributed by atoms with Gasteiger partial charge in [0.1, 0.15) is 22.9 Å². The molecule has 0 unspecified atom stereocenters. The number of rotatable bonds is 5. The molecule has 9 nitrogen and oxygen atoms in total. The second-order valence-electron chi connectivity index (χ2n) is 8.98. The number of anilines is 2. The van der Waals surface area contributed by atoms with E-state index in [1.54, 1.807) is 36.7 Å². The lowest BCUT2D eigenvalue weighted by molar-refractivity contribution is 0.102. The van der Waals surface area contributed by atoms with Gasteiger partial charge in [0.05, 0.1) is 6.20 Å². The Bertz CT molecular complexity index is 1370. The Kier molecular flexibility index (Phi) is 5.02. The van der Waals surface area contributed by atoms with Gasteiger partial charge in [0.15, 0.2) is 11.5 Å². The summed E-state index contributed by atoms with van der Waals surface area (Å²) in [5.74, 6) is 0.809. The highest BCUT2D eigenvalue weighted by molar-refractivity contribution is 6.08.